The number of ether oxygens (including phenoxy) is 2. The predicted octanol–water partition coefficient (Wildman–Crippen LogP) is 0.438. The zero-order valence-electron chi connectivity index (χ0n) is 11.1. The highest BCUT2D eigenvalue weighted by molar-refractivity contribution is 5.81. The molecule has 0 aliphatic carbocycles. The van der Waals surface area contributed by atoms with E-state index >= 15 is 0 Å². The molecule has 1 aliphatic rings. The van der Waals surface area contributed by atoms with Crippen molar-refractivity contribution in [1.29, 1.82) is 0 Å². The highest BCUT2D eigenvalue weighted by Gasteiger charge is 2.21. The molecule has 2 rings (SSSR count). The second-order valence-corrected chi connectivity index (χ2v) is 4.48. The van der Waals surface area contributed by atoms with E-state index in [2.05, 4.69) is 10.6 Å². The van der Waals surface area contributed by atoms with Gasteiger partial charge in [-0.05, 0) is 11.1 Å². The molecule has 1 atom stereocenters. The first-order valence-corrected chi connectivity index (χ1v) is 6.47. The smallest absolute Gasteiger partial charge is 0.250 e. The fourth-order valence-corrected chi connectivity index (χ4v) is 2.06. The number of rotatable bonds is 5. The second kappa shape index (κ2) is 7.23. The Morgan fingerprint density at radius 1 is 1.47 bits per heavy atom. The Balaban J connectivity index is 1.89. The van der Waals surface area contributed by atoms with Gasteiger partial charge in [0, 0.05) is 26.7 Å². The van der Waals surface area contributed by atoms with Gasteiger partial charge in [0.25, 0.3) is 5.91 Å². The zero-order valence-corrected chi connectivity index (χ0v) is 11.1. The van der Waals surface area contributed by atoms with Crippen LogP contribution in [0.5, 0.6) is 0 Å². The summed E-state index contributed by atoms with van der Waals surface area (Å²) >= 11 is 0. The fraction of sp³-hybridized carbons (Fsp3) is 0.500. The maximum Gasteiger partial charge on any atom is 0.250 e. The van der Waals surface area contributed by atoms with Crippen LogP contribution in [0.4, 0.5) is 0 Å². The predicted molar refractivity (Wildman–Crippen MR) is 71.6 cm³/mol. The van der Waals surface area contributed by atoms with Gasteiger partial charge in [-0.3, -0.25) is 4.79 Å². The summed E-state index contributed by atoms with van der Waals surface area (Å²) in [7, 11) is 1.66. The van der Waals surface area contributed by atoms with Gasteiger partial charge in [0.15, 0.2) is 0 Å². The number of carbonyl (C=O) groups is 1. The molecule has 0 bridgehead atoms. The van der Waals surface area contributed by atoms with E-state index in [-0.39, 0.29) is 12.0 Å². The van der Waals surface area contributed by atoms with E-state index in [1.165, 1.54) is 0 Å². The highest BCUT2D eigenvalue weighted by atomic mass is 16.5. The molecule has 104 valence electrons. The third kappa shape index (κ3) is 4.02. The zero-order chi connectivity index (χ0) is 13.5. The number of benzene rings is 1. The Bertz CT molecular complexity index is 417. The molecule has 1 amide bonds. The van der Waals surface area contributed by atoms with Crippen LogP contribution >= 0.6 is 0 Å². The quantitative estimate of drug-likeness (QED) is 0.810. The molecule has 0 unspecified atom stereocenters. The van der Waals surface area contributed by atoms with Crippen molar-refractivity contribution >= 4 is 5.91 Å². The average Bonchev–Trinajstić information content (AvgIpc) is 2.47. The van der Waals surface area contributed by atoms with Crippen molar-refractivity contribution in [1.82, 2.24) is 10.6 Å². The summed E-state index contributed by atoms with van der Waals surface area (Å²) in [4.78, 5) is 11.9. The Hall–Kier alpha value is -1.43. The minimum atomic E-state index is -0.386. The molecular formula is C14H20N2O3. The van der Waals surface area contributed by atoms with Crippen LogP contribution in [0.15, 0.2) is 24.3 Å². The molecule has 0 aromatic heterocycles. The van der Waals surface area contributed by atoms with Crippen LogP contribution in [0, 0.1) is 0 Å². The number of morpholine rings is 1. The molecule has 1 aromatic rings. The second-order valence-electron chi connectivity index (χ2n) is 4.48. The number of methoxy groups -OCH3 is 1. The average molecular weight is 264 g/mol. The molecule has 19 heavy (non-hydrogen) atoms. The van der Waals surface area contributed by atoms with Gasteiger partial charge < -0.3 is 20.1 Å². The molecule has 1 aliphatic heterocycles. The van der Waals surface area contributed by atoms with Gasteiger partial charge in [-0.25, -0.2) is 0 Å². The van der Waals surface area contributed by atoms with Crippen molar-refractivity contribution in [2.24, 2.45) is 0 Å². The summed E-state index contributed by atoms with van der Waals surface area (Å²) in [5.74, 6) is -0.0700. The lowest BCUT2D eigenvalue weighted by molar-refractivity contribution is -0.134. The third-order valence-electron chi connectivity index (χ3n) is 3.09. The van der Waals surface area contributed by atoms with Crippen LogP contribution in [-0.4, -0.2) is 38.8 Å². The SMILES string of the molecule is COCc1ccccc1CNC(=O)[C@@H]1CNCCO1. The molecule has 0 radical (unpaired) electrons. The first-order valence-electron chi connectivity index (χ1n) is 6.47. The van der Waals surface area contributed by atoms with Gasteiger partial charge in [0.1, 0.15) is 6.10 Å². The van der Waals surface area contributed by atoms with Crippen molar-refractivity contribution in [2.75, 3.05) is 26.8 Å². The maximum absolute atomic E-state index is 11.9. The van der Waals surface area contributed by atoms with Crippen molar-refractivity contribution < 1.29 is 14.3 Å². The van der Waals surface area contributed by atoms with Crippen LogP contribution in [0.1, 0.15) is 11.1 Å². The van der Waals surface area contributed by atoms with Crippen molar-refractivity contribution in [3.05, 3.63) is 35.4 Å². The van der Waals surface area contributed by atoms with Crippen LogP contribution in [0.3, 0.4) is 0 Å². The minimum absolute atomic E-state index is 0.0700. The lowest BCUT2D eigenvalue weighted by Gasteiger charge is -2.23. The topological polar surface area (TPSA) is 59.6 Å². The van der Waals surface area contributed by atoms with Crippen molar-refractivity contribution in [3.63, 3.8) is 0 Å². The van der Waals surface area contributed by atoms with Gasteiger partial charge in [-0.2, -0.15) is 0 Å². The normalized spacial score (nSPS) is 19.1. The summed E-state index contributed by atoms with van der Waals surface area (Å²) in [6, 6.07) is 7.92. The van der Waals surface area contributed by atoms with E-state index in [9.17, 15) is 4.79 Å². The monoisotopic (exact) mass is 264 g/mol. The van der Waals surface area contributed by atoms with E-state index in [1.807, 2.05) is 24.3 Å². The number of carbonyl (C=O) groups excluding carboxylic acids is 1. The van der Waals surface area contributed by atoms with Gasteiger partial charge in [-0.15, -0.1) is 0 Å². The number of amides is 1. The Kier molecular flexibility index (Phi) is 5.32. The number of hydrogen-bond donors (Lipinski definition) is 2. The molecule has 1 heterocycles. The van der Waals surface area contributed by atoms with Crippen molar-refractivity contribution in [2.45, 2.75) is 19.3 Å². The molecule has 0 saturated carbocycles. The first-order chi connectivity index (χ1) is 9.31. The van der Waals surface area contributed by atoms with Gasteiger partial charge in [0.05, 0.1) is 13.2 Å². The summed E-state index contributed by atoms with van der Waals surface area (Å²) in [6.07, 6.45) is -0.386. The lowest BCUT2D eigenvalue weighted by Crippen LogP contribution is -2.47. The van der Waals surface area contributed by atoms with Crippen LogP contribution < -0.4 is 10.6 Å². The lowest BCUT2D eigenvalue weighted by atomic mass is 10.1. The fourth-order valence-electron chi connectivity index (χ4n) is 2.06. The van der Waals surface area contributed by atoms with E-state index < -0.39 is 0 Å². The molecule has 2 N–H and O–H groups in total. The minimum Gasteiger partial charge on any atom is -0.380 e. The maximum atomic E-state index is 11.9. The van der Waals surface area contributed by atoms with Crippen LogP contribution in [-0.2, 0) is 27.4 Å². The van der Waals surface area contributed by atoms with Crippen LogP contribution in [0.25, 0.3) is 0 Å². The molecule has 1 aromatic carbocycles. The molecule has 1 fully saturated rings. The Morgan fingerprint density at radius 3 is 2.95 bits per heavy atom. The van der Waals surface area contributed by atoms with Gasteiger partial charge in [-0.1, -0.05) is 24.3 Å². The van der Waals surface area contributed by atoms with E-state index in [4.69, 9.17) is 9.47 Å². The summed E-state index contributed by atoms with van der Waals surface area (Å²) in [5.41, 5.74) is 2.16. The Morgan fingerprint density at radius 2 is 2.26 bits per heavy atom. The molecule has 5 nitrogen and oxygen atoms in total. The molecular weight excluding hydrogens is 244 g/mol. The first kappa shape index (κ1) is 14.0. The van der Waals surface area contributed by atoms with E-state index in [1.54, 1.807) is 7.11 Å². The molecule has 1 saturated heterocycles. The highest BCUT2D eigenvalue weighted by Crippen LogP contribution is 2.09. The third-order valence-corrected chi connectivity index (χ3v) is 3.09. The van der Waals surface area contributed by atoms with Gasteiger partial charge >= 0.3 is 0 Å². The standard InChI is InChI=1S/C14H20N2O3/c1-18-10-12-5-3-2-4-11(12)8-16-14(17)13-9-15-6-7-19-13/h2-5,13,15H,6-10H2,1H3,(H,16,17)/t13-/m0/s1. The van der Waals surface area contributed by atoms with E-state index in [0.29, 0.717) is 26.3 Å². The van der Waals surface area contributed by atoms with Gasteiger partial charge in [0.2, 0.25) is 0 Å². The number of nitrogens with one attached hydrogen (secondary N) is 2. The largest absolute Gasteiger partial charge is 0.380 e. The van der Waals surface area contributed by atoms with Crippen molar-refractivity contribution in [3.8, 4) is 0 Å². The van der Waals surface area contributed by atoms with Crippen LogP contribution in [0.2, 0.25) is 0 Å². The van der Waals surface area contributed by atoms with E-state index in [0.717, 1.165) is 17.7 Å². The molecule has 0 spiro atoms. The Labute approximate surface area is 113 Å². The summed E-state index contributed by atoms with van der Waals surface area (Å²) in [5, 5.41) is 6.05. The summed E-state index contributed by atoms with van der Waals surface area (Å²) < 4.78 is 10.6. The molecule has 5 heteroatoms. The summed E-state index contributed by atoms with van der Waals surface area (Å²) in [6.45, 7) is 3.01. The number of hydrogen-bond acceptors (Lipinski definition) is 4.